The van der Waals surface area contributed by atoms with Crippen LogP contribution in [0, 0.1) is 3.70 Å². The van der Waals surface area contributed by atoms with Crippen LogP contribution in [0.15, 0.2) is 24.5 Å². The van der Waals surface area contributed by atoms with Gasteiger partial charge >= 0.3 is 6.29 Å². The summed E-state index contributed by atoms with van der Waals surface area (Å²) in [5.74, 6) is -0.179. The van der Waals surface area contributed by atoms with Crippen molar-refractivity contribution in [3.8, 4) is 22.8 Å². The van der Waals surface area contributed by atoms with E-state index in [0.29, 0.717) is 15.0 Å². The summed E-state index contributed by atoms with van der Waals surface area (Å²) in [7, 11) is 0. The van der Waals surface area contributed by atoms with Gasteiger partial charge in [0.2, 0.25) is 0 Å². The van der Waals surface area contributed by atoms with Gasteiger partial charge in [0.15, 0.2) is 11.5 Å². The summed E-state index contributed by atoms with van der Waals surface area (Å²) < 4.78 is 35.3. The Morgan fingerprint density at radius 1 is 1.11 bits per heavy atom. The summed E-state index contributed by atoms with van der Waals surface area (Å²) in [5.41, 5.74) is 0.914. The molecule has 4 nitrogen and oxygen atoms in total. The Bertz CT molecular complexity index is 652. The van der Waals surface area contributed by atoms with Crippen LogP contribution in [0.3, 0.4) is 0 Å². The van der Waals surface area contributed by atoms with Crippen LogP contribution < -0.4 is 9.47 Å². The molecule has 1 aromatic carbocycles. The zero-order valence-electron chi connectivity index (χ0n) is 9.03. The van der Waals surface area contributed by atoms with Crippen molar-refractivity contribution < 1.29 is 18.3 Å². The van der Waals surface area contributed by atoms with Gasteiger partial charge in [-0.1, -0.05) is 11.6 Å². The van der Waals surface area contributed by atoms with Crippen LogP contribution in [-0.2, 0) is 0 Å². The quantitative estimate of drug-likeness (QED) is 0.689. The summed E-state index contributed by atoms with van der Waals surface area (Å²) in [4.78, 5) is 8.20. The molecule has 2 heterocycles. The Morgan fingerprint density at radius 2 is 1.79 bits per heavy atom. The third kappa shape index (κ3) is 2.44. The van der Waals surface area contributed by atoms with E-state index in [9.17, 15) is 8.78 Å². The predicted molar refractivity (Wildman–Crippen MR) is 71.4 cm³/mol. The van der Waals surface area contributed by atoms with Crippen molar-refractivity contribution in [2.45, 2.75) is 6.29 Å². The fourth-order valence-corrected chi connectivity index (χ4v) is 2.15. The molecule has 1 aliphatic heterocycles. The van der Waals surface area contributed by atoms with E-state index in [1.807, 2.05) is 22.6 Å². The molecule has 98 valence electrons. The first-order valence-electron chi connectivity index (χ1n) is 5.02. The molecule has 19 heavy (non-hydrogen) atoms. The molecule has 0 unspecified atom stereocenters. The van der Waals surface area contributed by atoms with E-state index < -0.39 is 6.29 Å². The normalized spacial score (nSPS) is 15.6. The standard InChI is InChI=1S/C11H4ClF2IN2O2/c12-6-2-9-8(18-11(13,14)19-9)1-5(6)7-3-17-10(15)4-16-7/h1-4H. The molecule has 0 saturated carbocycles. The first-order chi connectivity index (χ1) is 8.94. The molecule has 3 rings (SSSR count). The smallest absolute Gasteiger partial charge is 0.395 e. The van der Waals surface area contributed by atoms with Crippen LogP contribution >= 0.6 is 34.2 Å². The number of alkyl halides is 2. The van der Waals surface area contributed by atoms with Crippen molar-refractivity contribution in [3.63, 3.8) is 0 Å². The van der Waals surface area contributed by atoms with Gasteiger partial charge in [-0.2, -0.15) is 0 Å². The molecule has 1 aromatic heterocycles. The first kappa shape index (κ1) is 12.8. The van der Waals surface area contributed by atoms with Crippen LogP contribution in [0.4, 0.5) is 8.78 Å². The highest BCUT2D eigenvalue weighted by atomic mass is 127. The summed E-state index contributed by atoms with van der Waals surface area (Å²) in [6.45, 7) is 0. The average Bonchev–Trinajstić information content (AvgIpc) is 2.62. The van der Waals surface area contributed by atoms with Crippen molar-refractivity contribution in [3.05, 3.63) is 33.2 Å². The molecule has 8 heteroatoms. The zero-order chi connectivity index (χ0) is 13.6. The lowest BCUT2D eigenvalue weighted by Gasteiger charge is -2.04. The van der Waals surface area contributed by atoms with Crippen molar-refractivity contribution in [1.82, 2.24) is 9.97 Å². The maximum absolute atomic E-state index is 12.9. The molecule has 0 bridgehead atoms. The minimum atomic E-state index is -3.66. The molecular formula is C11H4ClF2IN2O2. The van der Waals surface area contributed by atoms with E-state index in [-0.39, 0.29) is 16.5 Å². The van der Waals surface area contributed by atoms with Crippen molar-refractivity contribution >= 4 is 34.2 Å². The van der Waals surface area contributed by atoms with Gasteiger partial charge in [0.05, 0.1) is 23.1 Å². The highest BCUT2D eigenvalue weighted by Crippen LogP contribution is 2.45. The summed E-state index contributed by atoms with van der Waals surface area (Å²) in [6.07, 6.45) is -0.614. The highest BCUT2D eigenvalue weighted by Gasteiger charge is 2.43. The van der Waals surface area contributed by atoms with Crippen LogP contribution in [-0.4, -0.2) is 16.3 Å². The fraction of sp³-hybridized carbons (Fsp3) is 0.0909. The van der Waals surface area contributed by atoms with Gasteiger partial charge in [-0.25, -0.2) is 4.98 Å². The first-order valence-corrected chi connectivity index (χ1v) is 6.47. The summed E-state index contributed by atoms with van der Waals surface area (Å²) in [6, 6.07) is 2.63. The van der Waals surface area contributed by atoms with Gasteiger partial charge < -0.3 is 9.47 Å². The van der Waals surface area contributed by atoms with Crippen LogP contribution in [0.2, 0.25) is 5.02 Å². The van der Waals surface area contributed by atoms with Gasteiger partial charge in [-0.05, 0) is 28.7 Å². The molecule has 2 aromatic rings. The van der Waals surface area contributed by atoms with Gasteiger partial charge in [0.25, 0.3) is 0 Å². The second-order valence-electron chi connectivity index (χ2n) is 3.67. The van der Waals surface area contributed by atoms with Crippen molar-refractivity contribution in [2.24, 2.45) is 0 Å². The van der Waals surface area contributed by atoms with Gasteiger partial charge in [-0.3, -0.25) is 4.98 Å². The van der Waals surface area contributed by atoms with Gasteiger partial charge in [0, 0.05) is 11.6 Å². The maximum Gasteiger partial charge on any atom is 0.586 e. The monoisotopic (exact) mass is 396 g/mol. The molecule has 0 aliphatic carbocycles. The number of benzene rings is 1. The third-order valence-electron chi connectivity index (χ3n) is 2.39. The van der Waals surface area contributed by atoms with E-state index in [2.05, 4.69) is 19.4 Å². The topological polar surface area (TPSA) is 44.2 Å². The molecular weight excluding hydrogens is 392 g/mol. The molecule has 0 amide bonds. The van der Waals surface area contributed by atoms with E-state index in [0.717, 1.165) is 0 Å². The summed E-state index contributed by atoms with van der Waals surface area (Å²) >= 11 is 8.03. The Balaban J connectivity index is 2.07. The maximum atomic E-state index is 12.9. The molecule has 0 N–H and O–H groups in total. The second-order valence-corrected chi connectivity index (χ2v) is 5.18. The molecule has 1 aliphatic rings. The van der Waals surface area contributed by atoms with Gasteiger partial charge in [-0.15, -0.1) is 8.78 Å². The van der Waals surface area contributed by atoms with Crippen LogP contribution in [0.1, 0.15) is 0 Å². The Hall–Kier alpha value is -1.22. The van der Waals surface area contributed by atoms with E-state index in [4.69, 9.17) is 11.6 Å². The Morgan fingerprint density at radius 3 is 2.42 bits per heavy atom. The van der Waals surface area contributed by atoms with Crippen LogP contribution in [0.5, 0.6) is 11.5 Å². The molecule has 0 spiro atoms. The van der Waals surface area contributed by atoms with Gasteiger partial charge in [0.1, 0.15) is 3.70 Å². The number of nitrogens with zero attached hydrogens (tertiary/aromatic N) is 2. The zero-order valence-corrected chi connectivity index (χ0v) is 11.9. The largest absolute Gasteiger partial charge is 0.586 e. The molecule has 0 fully saturated rings. The van der Waals surface area contributed by atoms with Crippen LogP contribution in [0.25, 0.3) is 11.3 Å². The molecule has 0 atom stereocenters. The lowest BCUT2D eigenvalue weighted by molar-refractivity contribution is -0.286. The lowest BCUT2D eigenvalue weighted by atomic mass is 10.1. The molecule has 0 saturated heterocycles. The molecule has 0 radical (unpaired) electrons. The third-order valence-corrected chi connectivity index (χ3v) is 3.26. The SMILES string of the molecule is FC1(F)Oc2cc(Cl)c(-c3cnc(I)cn3)cc2O1. The second kappa shape index (κ2) is 4.41. The van der Waals surface area contributed by atoms with E-state index in [1.54, 1.807) is 6.20 Å². The number of fused-ring (bicyclic) bond motifs is 1. The van der Waals surface area contributed by atoms with Crippen molar-refractivity contribution in [1.29, 1.82) is 0 Å². The Kier molecular flexibility index (Phi) is 2.97. The highest BCUT2D eigenvalue weighted by molar-refractivity contribution is 14.1. The van der Waals surface area contributed by atoms with Crippen molar-refractivity contribution in [2.75, 3.05) is 0 Å². The number of hydrogen-bond acceptors (Lipinski definition) is 4. The number of ether oxygens (including phenoxy) is 2. The lowest BCUT2D eigenvalue weighted by Crippen LogP contribution is -2.25. The number of aromatic nitrogens is 2. The number of hydrogen-bond donors (Lipinski definition) is 0. The predicted octanol–water partition coefficient (Wildman–Crippen LogP) is 3.72. The minimum Gasteiger partial charge on any atom is -0.395 e. The summed E-state index contributed by atoms with van der Waals surface area (Å²) in [5, 5.41) is 0.232. The average molecular weight is 397 g/mol. The van der Waals surface area contributed by atoms with E-state index >= 15 is 0 Å². The number of halogens is 4. The fourth-order valence-electron chi connectivity index (χ4n) is 1.62. The number of rotatable bonds is 1. The van der Waals surface area contributed by atoms with E-state index in [1.165, 1.54) is 18.3 Å². The Labute approximate surface area is 124 Å². The minimum absolute atomic E-state index is 0.0789.